The van der Waals surface area contributed by atoms with Gasteiger partial charge in [-0.2, -0.15) is 11.8 Å². The van der Waals surface area contributed by atoms with Crippen LogP contribution >= 0.6 is 11.8 Å². The lowest BCUT2D eigenvalue weighted by Gasteiger charge is -2.25. The van der Waals surface area contributed by atoms with E-state index in [-0.39, 0.29) is 0 Å². The molecule has 0 saturated carbocycles. The van der Waals surface area contributed by atoms with Crippen LogP contribution in [-0.4, -0.2) is 18.1 Å². The molecule has 1 saturated heterocycles. The topological polar surface area (TPSA) is 26.0 Å². The minimum absolute atomic E-state index is 0.753. The summed E-state index contributed by atoms with van der Waals surface area (Å²) in [6, 6.07) is 8.88. The summed E-state index contributed by atoms with van der Waals surface area (Å²) in [6.45, 7) is 0.753. The Morgan fingerprint density at radius 3 is 2.85 bits per heavy atom. The fourth-order valence-electron chi connectivity index (χ4n) is 1.60. The van der Waals surface area contributed by atoms with Gasteiger partial charge in [0.05, 0.1) is 0 Å². The quantitative estimate of drug-likeness (QED) is 0.794. The van der Waals surface area contributed by atoms with Crippen molar-refractivity contribution in [1.29, 1.82) is 0 Å². The van der Waals surface area contributed by atoms with Crippen LogP contribution in [0.2, 0.25) is 0 Å². The number of hydrogen-bond donors (Lipinski definition) is 1. The Morgan fingerprint density at radius 2 is 2.23 bits per heavy atom. The SMILES string of the molecule is NCCc1cccc(C2CSC2)c1. The number of nitrogens with two attached hydrogens (primary N) is 1. The first-order valence-electron chi connectivity index (χ1n) is 4.77. The molecular formula is C11H15NS. The Labute approximate surface area is 83.7 Å². The second-order valence-corrected chi connectivity index (χ2v) is 4.59. The maximum Gasteiger partial charge on any atom is 0.00199 e. The second-order valence-electron chi connectivity index (χ2n) is 3.52. The molecule has 2 N–H and O–H groups in total. The molecule has 1 heterocycles. The van der Waals surface area contributed by atoms with Gasteiger partial charge >= 0.3 is 0 Å². The summed E-state index contributed by atoms with van der Waals surface area (Å²) >= 11 is 2.03. The standard InChI is InChI=1S/C11H15NS/c12-5-4-9-2-1-3-10(6-9)11-7-13-8-11/h1-3,6,11H,4-5,7-8,12H2. The lowest BCUT2D eigenvalue weighted by Crippen LogP contribution is -2.15. The van der Waals surface area contributed by atoms with Gasteiger partial charge in [-0.25, -0.2) is 0 Å². The summed E-state index contributed by atoms with van der Waals surface area (Å²) in [7, 11) is 0. The van der Waals surface area contributed by atoms with Crippen LogP contribution in [0.4, 0.5) is 0 Å². The maximum absolute atomic E-state index is 5.53. The van der Waals surface area contributed by atoms with Gasteiger partial charge in [0.2, 0.25) is 0 Å². The molecular weight excluding hydrogens is 178 g/mol. The third kappa shape index (κ3) is 2.06. The molecule has 0 aliphatic carbocycles. The number of rotatable bonds is 3. The zero-order chi connectivity index (χ0) is 9.10. The molecule has 0 aromatic heterocycles. The van der Waals surface area contributed by atoms with E-state index in [9.17, 15) is 0 Å². The van der Waals surface area contributed by atoms with E-state index >= 15 is 0 Å². The van der Waals surface area contributed by atoms with Crippen molar-refractivity contribution in [3.05, 3.63) is 35.4 Å². The van der Waals surface area contributed by atoms with Crippen LogP contribution in [-0.2, 0) is 6.42 Å². The molecule has 1 aromatic carbocycles. The van der Waals surface area contributed by atoms with E-state index in [0.717, 1.165) is 18.9 Å². The normalized spacial score (nSPS) is 17.0. The Morgan fingerprint density at radius 1 is 1.38 bits per heavy atom. The highest BCUT2D eigenvalue weighted by Gasteiger charge is 2.19. The van der Waals surface area contributed by atoms with E-state index in [4.69, 9.17) is 5.73 Å². The van der Waals surface area contributed by atoms with Crippen LogP contribution in [0.25, 0.3) is 0 Å². The summed E-state index contributed by atoms with van der Waals surface area (Å²) in [6.07, 6.45) is 1.01. The summed E-state index contributed by atoms with van der Waals surface area (Å²) in [5.41, 5.74) is 8.42. The third-order valence-corrected chi connectivity index (χ3v) is 3.77. The smallest absolute Gasteiger partial charge is 0.00199 e. The van der Waals surface area contributed by atoms with E-state index in [0.29, 0.717) is 0 Å². The molecule has 0 amide bonds. The molecule has 0 bridgehead atoms. The van der Waals surface area contributed by atoms with Crippen molar-refractivity contribution in [3.63, 3.8) is 0 Å². The molecule has 0 unspecified atom stereocenters. The minimum Gasteiger partial charge on any atom is -0.330 e. The average Bonchev–Trinajstić information content (AvgIpc) is 2.02. The second kappa shape index (κ2) is 4.16. The average molecular weight is 193 g/mol. The number of thioether (sulfide) groups is 1. The van der Waals surface area contributed by atoms with Crippen LogP contribution in [0.15, 0.2) is 24.3 Å². The number of benzene rings is 1. The third-order valence-electron chi connectivity index (χ3n) is 2.49. The van der Waals surface area contributed by atoms with Crippen molar-refractivity contribution >= 4 is 11.8 Å². The molecule has 1 aliphatic heterocycles. The molecule has 0 radical (unpaired) electrons. The maximum atomic E-state index is 5.53. The van der Waals surface area contributed by atoms with Crippen molar-refractivity contribution in [2.75, 3.05) is 18.1 Å². The molecule has 1 fully saturated rings. The zero-order valence-corrected chi connectivity index (χ0v) is 8.52. The molecule has 0 atom stereocenters. The Hall–Kier alpha value is -0.470. The van der Waals surface area contributed by atoms with Crippen molar-refractivity contribution in [2.45, 2.75) is 12.3 Å². The minimum atomic E-state index is 0.753. The predicted octanol–water partition coefficient (Wildman–Crippen LogP) is 2.02. The van der Waals surface area contributed by atoms with Crippen molar-refractivity contribution in [1.82, 2.24) is 0 Å². The Kier molecular flexibility index (Phi) is 2.91. The van der Waals surface area contributed by atoms with Gasteiger partial charge in [0.15, 0.2) is 0 Å². The monoisotopic (exact) mass is 193 g/mol. The summed E-state index contributed by atoms with van der Waals surface area (Å²) in [5, 5.41) is 0. The van der Waals surface area contributed by atoms with Crippen molar-refractivity contribution < 1.29 is 0 Å². The Balaban J connectivity index is 2.11. The van der Waals surface area contributed by atoms with E-state index in [1.165, 1.54) is 22.6 Å². The molecule has 2 heteroatoms. The van der Waals surface area contributed by atoms with Gasteiger partial charge in [0.1, 0.15) is 0 Å². The lowest BCUT2D eigenvalue weighted by atomic mass is 9.99. The molecule has 1 nitrogen and oxygen atoms in total. The van der Waals surface area contributed by atoms with Crippen LogP contribution in [0.1, 0.15) is 17.0 Å². The largest absolute Gasteiger partial charge is 0.330 e. The van der Waals surface area contributed by atoms with Gasteiger partial charge in [0, 0.05) is 17.4 Å². The highest BCUT2D eigenvalue weighted by Crippen LogP contribution is 2.33. The van der Waals surface area contributed by atoms with Crippen molar-refractivity contribution in [2.24, 2.45) is 5.73 Å². The first-order chi connectivity index (χ1) is 6.40. The fraction of sp³-hybridized carbons (Fsp3) is 0.455. The molecule has 1 aliphatic rings. The fourth-order valence-corrected chi connectivity index (χ4v) is 2.45. The van der Waals surface area contributed by atoms with E-state index in [1.807, 2.05) is 11.8 Å². The van der Waals surface area contributed by atoms with Gasteiger partial charge in [-0.05, 0) is 24.1 Å². The van der Waals surface area contributed by atoms with Gasteiger partial charge in [-0.15, -0.1) is 0 Å². The predicted molar refractivity (Wildman–Crippen MR) is 59.3 cm³/mol. The van der Waals surface area contributed by atoms with E-state index < -0.39 is 0 Å². The molecule has 0 spiro atoms. The highest BCUT2D eigenvalue weighted by atomic mass is 32.2. The van der Waals surface area contributed by atoms with E-state index in [2.05, 4.69) is 24.3 Å². The van der Waals surface area contributed by atoms with Crippen LogP contribution in [0, 0.1) is 0 Å². The van der Waals surface area contributed by atoms with Crippen LogP contribution in [0.5, 0.6) is 0 Å². The summed E-state index contributed by atoms with van der Waals surface area (Å²) in [4.78, 5) is 0. The van der Waals surface area contributed by atoms with Gasteiger partial charge in [-0.3, -0.25) is 0 Å². The molecule has 13 heavy (non-hydrogen) atoms. The first kappa shape index (κ1) is 9.10. The van der Waals surface area contributed by atoms with Crippen molar-refractivity contribution in [3.8, 4) is 0 Å². The molecule has 1 aromatic rings. The molecule has 2 rings (SSSR count). The summed E-state index contributed by atoms with van der Waals surface area (Å²) in [5.74, 6) is 3.40. The number of hydrogen-bond acceptors (Lipinski definition) is 2. The summed E-state index contributed by atoms with van der Waals surface area (Å²) < 4.78 is 0. The first-order valence-corrected chi connectivity index (χ1v) is 5.92. The van der Waals surface area contributed by atoms with E-state index in [1.54, 1.807) is 0 Å². The molecule has 70 valence electrons. The van der Waals surface area contributed by atoms with Gasteiger partial charge in [0.25, 0.3) is 0 Å². The zero-order valence-electron chi connectivity index (χ0n) is 7.70. The van der Waals surface area contributed by atoms with Crippen LogP contribution in [0.3, 0.4) is 0 Å². The van der Waals surface area contributed by atoms with Gasteiger partial charge in [-0.1, -0.05) is 24.3 Å². The lowest BCUT2D eigenvalue weighted by molar-refractivity contribution is 0.843. The van der Waals surface area contributed by atoms with Crippen LogP contribution < -0.4 is 5.73 Å². The highest BCUT2D eigenvalue weighted by molar-refractivity contribution is 8.00. The Bertz CT molecular complexity index is 281. The van der Waals surface area contributed by atoms with Gasteiger partial charge < -0.3 is 5.73 Å².